The van der Waals surface area contributed by atoms with Crippen LogP contribution in [0.15, 0.2) is 42.5 Å². The van der Waals surface area contributed by atoms with Crippen LogP contribution in [0.2, 0.25) is 0 Å². The smallest absolute Gasteiger partial charge is 0.490 e. The lowest BCUT2D eigenvalue weighted by molar-refractivity contribution is -0.192. The summed E-state index contributed by atoms with van der Waals surface area (Å²) in [6.07, 6.45) is -1.25. The van der Waals surface area contributed by atoms with Gasteiger partial charge in [-0.3, -0.25) is 0 Å². The number of fused-ring (bicyclic) bond motifs is 1. The van der Waals surface area contributed by atoms with E-state index in [1.807, 2.05) is 6.07 Å². The fraction of sp³-hybridized carbons (Fsp3) is 0.483. The Morgan fingerprint density at radius 1 is 1.05 bits per heavy atom. The number of nitrogens with zero attached hydrogens (tertiary/aromatic N) is 1. The van der Waals surface area contributed by atoms with Crippen LogP contribution in [-0.2, 0) is 14.9 Å². The van der Waals surface area contributed by atoms with Crippen molar-refractivity contribution >= 4 is 23.7 Å². The molecule has 1 heterocycles. The summed E-state index contributed by atoms with van der Waals surface area (Å²) in [6, 6.07) is 13.1. The summed E-state index contributed by atoms with van der Waals surface area (Å²) >= 11 is 0. The van der Waals surface area contributed by atoms with E-state index in [2.05, 4.69) is 34.7 Å². The zero-order valence-corrected chi connectivity index (χ0v) is 23.9. The van der Waals surface area contributed by atoms with Crippen molar-refractivity contribution in [3.8, 4) is 11.5 Å². The van der Waals surface area contributed by atoms with Gasteiger partial charge in [-0.1, -0.05) is 6.07 Å². The van der Waals surface area contributed by atoms with Crippen molar-refractivity contribution in [2.75, 3.05) is 39.7 Å². The van der Waals surface area contributed by atoms with Gasteiger partial charge >= 0.3 is 24.1 Å². The van der Waals surface area contributed by atoms with Crippen molar-refractivity contribution in [3.05, 3.63) is 53.6 Å². The van der Waals surface area contributed by atoms with Crippen LogP contribution in [0, 0.1) is 0 Å². The highest BCUT2D eigenvalue weighted by molar-refractivity contribution is 5.92. The van der Waals surface area contributed by atoms with E-state index < -0.39 is 12.1 Å². The van der Waals surface area contributed by atoms with Gasteiger partial charge in [0.25, 0.3) is 0 Å². The standard InChI is InChI=1S/C27H35N3O5.C2HF3O2/c1-5-35-25(31)18-6-9-20(10-7-18)28-26(32)29-21-12-13-27(14-15-30(2)24(27)17-21)19-8-11-22(33-3)23(16-19)34-4;3-2(4,5)1(6)7/h6-11,16,21,24H,5,12-15,17H2,1-4H3,(H2,28,29,32);(H,6,7). The molecule has 3 unspecified atom stereocenters. The molecule has 2 fully saturated rings. The van der Waals surface area contributed by atoms with Gasteiger partial charge in [-0.25, -0.2) is 14.4 Å². The van der Waals surface area contributed by atoms with Gasteiger partial charge < -0.3 is 34.9 Å². The van der Waals surface area contributed by atoms with E-state index in [-0.39, 0.29) is 23.5 Å². The molecule has 0 spiro atoms. The number of carboxylic acid groups (broad SMARTS) is 1. The average molecular weight is 596 g/mol. The molecule has 10 nitrogen and oxygen atoms in total. The summed E-state index contributed by atoms with van der Waals surface area (Å²) in [5.41, 5.74) is 2.39. The third-order valence-corrected chi connectivity index (χ3v) is 7.72. The maximum atomic E-state index is 12.7. The Morgan fingerprint density at radius 2 is 1.69 bits per heavy atom. The highest BCUT2D eigenvalue weighted by Crippen LogP contribution is 2.49. The van der Waals surface area contributed by atoms with Crippen LogP contribution < -0.4 is 20.1 Å². The predicted octanol–water partition coefficient (Wildman–Crippen LogP) is 4.83. The quantitative estimate of drug-likeness (QED) is 0.389. The lowest BCUT2D eigenvalue weighted by atomic mass is 9.65. The average Bonchev–Trinajstić information content (AvgIpc) is 3.29. The summed E-state index contributed by atoms with van der Waals surface area (Å²) in [5, 5.41) is 13.2. The molecule has 0 bridgehead atoms. The van der Waals surface area contributed by atoms with Crippen molar-refractivity contribution in [2.24, 2.45) is 0 Å². The number of anilines is 1. The number of ether oxygens (including phenoxy) is 3. The summed E-state index contributed by atoms with van der Waals surface area (Å²) in [4.78, 5) is 35.8. The first-order valence-corrected chi connectivity index (χ1v) is 13.4. The van der Waals surface area contributed by atoms with E-state index >= 15 is 0 Å². The molecule has 2 aliphatic rings. The SMILES string of the molecule is CCOC(=O)c1ccc(NC(=O)NC2CCC3(c4ccc(OC)c(OC)c4)CCN(C)C3C2)cc1.O=C(O)C(F)(F)F. The largest absolute Gasteiger partial charge is 0.493 e. The molecule has 0 radical (unpaired) electrons. The molecule has 1 aliphatic carbocycles. The highest BCUT2D eigenvalue weighted by atomic mass is 19.4. The maximum absolute atomic E-state index is 12.7. The Kier molecular flexibility index (Phi) is 10.7. The number of benzene rings is 2. The molecule has 1 saturated carbocycles. The third kappa shape index (κ3) is 7.64. The number of halogens is 3. The van der Waals surface area contributed by atoms with Gasteiger partial charge in [-0.2, -0.15) is 13.2 Å². The van der Waals surface area contributed by atoms with Crippen LogP contribution in [-0.4, -0.2) is 80.7 Å². The number of urea groups is 1. The first kappa shape index (κ1) is 32.5. The molecular weight excluding hydrogens is 559 g/mol. The van der Waals surface area contributed by atoms with Crippen molar-refractivity contribution < 1.29 is 46.9 Å². The number of aliphatic carboxylic acids is 1. The summed E-state index contributed by atoms with van der Waals surface area (Å²) < 4.78 is 47.7. The van der Waals surface area contributed by atoms with Gasteiger partial charge in [-0.05, 0) is 88.2 Å². The summed E-state index contributed by atoms with van der Waals surface area (Å²) in [7, 11) is 5.49. The second-order valence-corrected chi connectivity index (χ2v) is 10.1. The van der Waals surface area contributed by atoms with E-state index in [1.165, 1.54) is 5.56 Å². The maximum Gasteiger partial charge on any atom is 0.490 e. The van der Waals surface area contributed by atoms with Crippen LogP contribution >= 0.6 is 0 Å². The van der Waals surface area contributed by atoms with Crippen LogP contribution in [0.1, 0.15) is 48.5 Å². The number of nitrogens with one attached hydrogen (secondary N) is 2. The minimum absolute atomic E-state index is 0.0336. The van der Waals surface area contributed by atoms with Gasteiger partial charge in [0.15, 0.2) is 11.5 Å². The number of hydrogen-bond acceptors (Lipinski definition) is 7. The van der Waals surface area contributed by atoms with E-state index in [0.29, 0.717) is 23.9 Å². The second-order valence-electron chi connectivity index (χ2n) is 10.1. The van der Waals surface area contributed by atoms with Crippen molar-refractivity contribution in [1.82, 2.24) is 10.2 Å². The molecule has 3 atom stereocenters. The second kappa shape index (κ2) is 13.8. The Labute approximate surface area is 242 Å². The number of hydrogen-bond donors (Lipinski definition) is 3. The molecule has 230 valence electrons. The van der Waals surface area contributed by atoms with Crippen molar-refractivity contribution in [3.63, 3.8) is 0 Å². The van der Waals surface area contributed by atoms with Crippen LogP contribution in [0.3, 0.4) is 0 Å². The molecule has 2 aromatic carbocycles. The fourth-order valence-corrected chi connectivity index (χ4v) is 5.65. The van der Waals surface area contributed by atoms with Crippen LogP contribution in [0.4, 0.5) is 23.7 Å². The molecule has 1 aliphatic heterocycles. The number of esters is 1. The molecule has 42 heavy (non-hydrogen) atoms. The molecule has 2 amide bonds. The minimum atomic E-state index is -5.08. The molecule has 1 saturated heterocycles. The Bertz CT molecular complexity index is 1260. The van der Waals surface area contributed by atoms with E-state index in [0.717, 1.165) is 43.7 Å². The summed E-state index contributed by atoms with van der Waals surface area (Å²) in [5.74, 6) is -1.64. The van der Waals surface area contributed by atoms with Gasteiger partial charge in [-0.15, -0.1) is 0 Å². The normalized spacial score (nSPS) is 21.7. The number of likely N-dealkylation sites (N-methyl/N-ethyl adjacent to an activating group) is 1. The number of amides is 2. The first-order chi connectivity index (χ1) is 19.8. The molecule has 4 rings (SSSR count). The zero-order valence-electron chi connectivity index (χ0n) is 23.9. The minimum Gasteiger partial charge on any atom is -0.493 e. The van der Waals surface area contributed by atoms with Gasteiger partial charge in [0.2, 0.25) is 0 Å². The number of methoxy groups -OCH3 is 2. The first-order valence-electron chi connectivity index (χ1n) is 13.4. The molecule has 13 heteroatoms. The molecule has 0 aromatic heterocycles. The zero-order chi connectivity index (χ0) is 31.1. The number of likely N-dealkylation sites (tertiary alicyclic amines) is 1. The Balaban J connectivity index is 0.000000616. The van der Waals surface area contributed by atoms with E-state index in [4.69, 9.17) is 24.1 Å². The Hall–Kier alpha value is -4.00. The number of rotatable bonds is 7. The van der Waals surface area contributed by atoms with Crippen LogP contribution in [0.25, 0.3) is 0 Å². The Morgan fingerprint density at radius 3 is 2.26 bits per heavy atom. The molecule has 3 N–H and O–H groups in total. The lowest BCUT2D eigenvalue weighted by Gasteiger charge is -2.45. The topological polar surface area (TPSA) is 126 Å². The number of carbonyl (C=O) groups excluding carboxylic acids is 2. The van der Waals surface area contributed by atoms with E-state index in [1.54, 1.807) is 45.4 Å². The van der Waals surface area contributed by atoms with Gasteiger partial charge in [0, 0.05) is 23.2 Å². The highest BCUT2D eigenvalue weighted by Gasteiger charge is 2.50. The van der Waals surface area contributed by atoms with Gasteiger partial charge in [0.1, 0.15) is 0 Å². The van der Waals surface area contributed by atoms with Crippen molar-refractivity contribution in [2.45, 2.75) is 56.3 Å². The third-order valence-electron chi connectivity index (χ3n) is 7.72. The number of carbonyl (C=O) groups is 3. The molecule has 2 aromatic rings. The lowest BCUT2D eigenvalue weighted by Crippen LogP contribution is -2.52. The predicted molar refractivity (Wildman–Crippen MR) is 148 cm³/mol. The van der Waals surface area contributed by atoms with Crippen molar-refractivity contribution in [1.29, 1.82) is 0 Å². The van der Waals surface area contributed by atoms with Gasteiger partial charge in [0.05, 0.1) is 26.4 Å². The summed E-state index contributed by atoms with van der Waals surface area (Å²) in [6.45, 7) is 3.11. The number of alkyl halides is 3. The fourth-order valence-electron chi connectivity index (χ4n) is 5.65. The molecular formula is C29H36F3N3O7. The monoisotopic (exact) mass is 595 g/mol. The number of carboxylic acids is 1. The van der Waals surface area contributed by atoms with Crippen LogP contribution in [0.5, 0.6) is 11.5 Å². The van der Waals surface area contributed by atoms with E-state index in [9.17, 15) is 22.8 Å².